The van der Waals surface area contributed by atoms with E-state index in [1.807, 2.05) is 0 Å². The lowest BCUT2D eigenvalue weighted by Crippen LogP contribution is -1.99. The van der Waals surface area contributed by atoms with Crippen LogP contribution in [0.1, 0.15) is 29.9 Å². The van der Waals surface area contributed by atoms with E-state index in [0.29, 0.717) is 5.92 Å². The normalized spacial score (nSPS) is 11.2. The van der Waals surface area contributed by atoms with E-state index in [0.717, 1.165) is 19.2 Å². The molecule has 1 heteroatoms. The van der Waals surface area contributed by atoms with Crippen molar-refractivity contribution in [2.24, 2.45) is 0 Å². The third-order valence-electron chi connectivity index (χ3n) is 3.28. The smallest absolute Gasteiger partial charge is 0.0657 e. The van der Waals surface area contributed by atoms with Gasteiger partial charge in [0.05, 0.1) is 7.85 Å². The highest BCUT2D eigenvalue weighted by Gasteiger charge is 2.11. The Bertz CT molecular complexity index is 448. The minimum absolute atomic E-state index is 0.427. The average Bonchev–Trinajstić information content (AvgIpc) is 2.49. The summed E-state index contributed by atoms with van der Waals surface area (Å²) < 4.78 is 0. The van der Waals surface area contributed by atoms with Gasteiger partial charge in [0.1, 0.15) is 0 Å². The molecule has 0 aliphatic carbocycles. The lowest BCUT2D eigenvalue weighted by molar-refractivity contribution is 0.827. The summed E-state index contributed by atoms with van der Waals surface area (Å²) in [5.41, 5.74) is 2.73. The quantitative estimate of drug-likeness (QED) is 0.510. The molecule has 0 aromatic heterocycles. The second-order valence-electron chi connectivity index (χ2n) is 4.66. The van der Waals surface area contributed by atoms with Crippen LogP contribution in [0.3, 0.4) is 0 Å². The summed E-state index contributed by atoms with van der Waals surface area (Å²) in [5, 5.41) is 0. The van der Waals surface area contributed by atoms with Crippen molar-refractivity contribution in [1.29, 1.82) is 0 Å². The second-order valence-corrected chi connectivity index (χ2v) is 4.66. The minimum atomic E-state index is 0.427. The largest absolute Gasteiger partial charge is 0.0892 e. The minimum Gasteiger partial charge on any atom is -0.0892 e. The fourth-order valence-electron chi connectivity index (χ4n) is 2.28. The Labute approximate surface area is 117 Å². The van der Waals surface area contributed by atoms with Gasteiger partial charge < -0.3 is 0 Å². The zero-order chi connectivity index (χ0) is 13.3. The molecule has 94 valence electrons. The van der Waals surface area contributed by atoms with Crippen molar-refractivity contribution in [1.82, 2.24) is 0 Å². The first-order valence-corrected chi connectivity index (χ1v) is 6.87. The van der Waals surface area contributed by atoms with Crippen molar-refractivity contribution in [3.8, 4) is 0 Å². The summed E-state index contributed by atoms with van der Waals surface area (Å²) in [4.78, 5) is 0. The number of allylic oxidation sites excluding steroid dienone is 2. The highest BCUT2D eigenvalue weighted by Crippen LogP contribution is 2.28. The zero-order valence-electron chi connectivity index (χ0n) is 11.2. The molecular weight excluding hydrogens is 227 g/mol. The molecule has 0 saturated heterocycles. The summed E-state index contributed by atoms with van der Waals surface area (Å²) >= 11 is 0. The molecule has 0 heterocycles. The van der Waals surface area contributed by atoms with Crippen LogP contribution in [0.4, 0.5) is 0 Å². The second kappa shape index (κ2) is 7.63. The van der Waals surface area contributed by atoms with Crippen LogP contribution in [0.25, 0.3) is 0 Å². The lowest BCUT2D eigenvalue weighted by Gasteiger charge is -2.16. The summed E-state index contributed by atoms with van der Waals surface area (Å²) in [5.74, 6) is 0.427. The molecule has 0 unspecified atom stereocenters. The van der Waals surface area contributed by atoms with Crippen molar-refractivity contribution in [3.05, 3.63) is 83.9 Å². The fourth-order valence-corrected chi connectivity index (χ4v) is 2.28. The standard InChI is InChI=1S/C18H19B/c19-15-9-3-8-14-18(16-10-4-1-5-11-16)17-12-6-2-7-13-17/h1-8,10-13,18H,9,14-15H2. The predicted octanol–water partition coefficient (Wildman–Crippen LogP) is 4.74. The average molecular weight is 246 g/mol. The van der Waals surface area contributed by atoms with Gasteiger partial charge in [-0.1, -0.05) is 79.1 Å². The van der Waals surface area contributed by atoms with Gasteiger partial charge in [0, 0.05) is 5.92 Å². The van der Waals surface area contributed by atoms with E-state index in [-0.39, 0.29) is 0 Å². The van der Waals surface area contributed by atoms with Gasteiger partial charge in [-0.05, 0) is 24.0 Å². The molecular formula is C18H19B. The molecule has 0 nitrogen and oxygen atoms in total. The number of hydrogen-bond acceptors (Lipinski definition) is 0. The molecule has 0 aliphatic rings. The van der Waals surface area contributed by atoms with Crippen LogP contribution < -0.4 is 0 Å². The van der Waals surface area contributed by atoms with Crippen LogP contribution in [0.15, 0.2) is 72.8 Å². The summed E-state index contributed by atoms with van der Waals surface area (Å²) in [6.07, 6.45) is 7.12. The molecule has 0 aliphatic heterocycles. The summed E-state index contributed by atoms with van der Waals surface area (Å²) in [6.45, 7) is 0. The molecule has 2 rings (SSSR count). The van der Waals surface area contributed by atoms with Gasteiger partial charge >= 0.3 is 0 Å². The van der Waals surface area contributed by atoms with Crippen LogP contribution in [0.5, 0.6) is 0 Å². The Kier molecular flexibility index (Phi) is 5.49. The predicted molar refractivity (Wildman–Crippen MR) is 83.7 cm³/mol. The van der Waals surface area contributed by atoms with Crippen LogP contribution in [-0.4, -0.2) is 7.85 Å². The monoisotopic (exact) mass is 246 g/mol. The Morgan fingerprint density at radius 1 is 0.789 bits per heavy atom. The molecule has 0 fully saturated rings. The van der Waals surface area contributed by atoms with Gasteiger partial charge in [-0.15, -0.1) is 0 Å². The zero-order valence-corrected chi connectivity index (χ0v) is 11.2. The molecule has 0 N–H and O–H groups in total. The van der Waals surface area contributed by atoms with Crippen molar-refractivity contribution in [2.75, 3.05) is 0 Å². The first kappa shape index (κ1) is 13.7. The van der Waals surface area contributed by atoms with Crippen molar-refractivity contribution >= 4 is 7.85 Å². The van der Waals surface area contributed by atoms with E-state index in [1.165, 1.54) is 11.1 Å². The van der Waals surface area contributed by atoms with Crippen molar-refractivity contribution in [3.63, 3.8) is 0 Å². The Balaban J connectivity index is 2.19. The fraction of sp³-hybridized carbons (Fsp3) is 0.222. The lowest BCUT2D eigenvalue weighted by atomic mass is 9.88. The van der Waals surface area contributed by atoms with E-state index >= 15 is 0 Å². The maximum atomic E-state index is 5.52. The van der Waals surface area contributed by atoms with Crippen molar-refractivity contribution in [2.45, 2.75) is 25.1 Å². The first-order valence-electron chi connectivity index (χ1n) is 6.87. The van der Waals surface area contributed by atoms with E-state index < -0.39 is 0 Å². The molecule has 0 atom stereocenters. The third kappa shape index (κ3) is 4.13. The van der Waals surface area contributed by atoms with Gasteiger partial charge in [-0.3, -0.25) is 0 Å². The summed E-state index contributed by atoms with van der Waals surface area (Å²) in [6, 6.07) is 21.4. The van der Waals surface area contributed by atoms with E-state index in [1.54, 1.807) is 0 Å². The van der Waals surface area contributed by atoms with Crippen molar-refractivity contribution < 1.29 is 0 Å². The van der Waals surface area contributed by atoms with Crippen LogP contribution in [0.2, 0.25) is 6.32 Å². The van der Waals surface area contributed by atoms with E-state index in [4.69, 9.17) is 7.85 Å². The third-order valence-corrected chi connectivity index (χ3v) is 3.28. The maximum absolute atomic E-state index is 5.52. The van der Waals surface area contributed by atoms with Crippen LogP contribution >= 0.6 is 0 Å². The number of benzene rings is 2. The Morgan fingerprint density at radius 2 is 1.32 bits per heavy atom. The molecule has 2 aromatic carbocycles. The van der Waals surface area contributed by atoms with E-state index in [9.17, 15) is 0 Å². The van der Waals surface area contributed by atoms with Gasteiger partial charge in [0.2, 0.25) is 0 Å². The molecule has 0 amide bonds. The number of rotatable bonds is 6. The summed E-state index contributed by atoms with van der Waals surface area (Å²) in [7, 11) is 5.52. The molecule has 2 radical (unpaired) electrons. The number of hydrogen-bond donors (Lipinski definition) is 0. The topological polar surface area (TPSA) is 0 Å². The van der Waals surface area contributed by atoms with Gasteiger partial charge in [-0.25, -0.2) is 0 Å². The highest BCUT2D eigenvalue weighted by atomic mass is 14.1. The van der Waals surface area contributed by atoms with Gasteiger partial charge in [0.25, 0.3) is 0 Å². The van der Waals surface area contributed by atoms with Crippen LogP contribution in [0, 0.1) is 0 Å². The SMILES string of the molecule is [B]CCC=CCC(c1ccccc1)c1ccccc1. The van der Waals surface area contributed by atoms with Gasteiger partial charge in [0.15, 0.2) is 0 Å². The first-order chi connectivity index (χ1) is 9.42. The van der Waals surface area contributed by atoms with Gasteiger partial charge in [-0.2, -0.15) is 0 Å². The molecule has 2 aromatic rings. The van der Waals surface area contributed by atoms with E-state index in [2.05, 4.69) is 72.8 Å². The molecule has 0 bridgehead atoms. The molecule has 0 spiro atoms. The highest BCUT2D eigenvalue weighted by molar-refractivity contribution is 6.08. The molecule has 19 heavy (non-hydrogen) atoms. The maximum Gasteiger partial charge on any atom is 0.0657 e. The van der Waals surface area contributed by atoms with Crippen LogP contribution in [-0.2, 0) is 0 Å². The molecule has 0 saturated carbocycles. The Hall–Kier alpha value is -1.76. The Morgan fingerprint density at radius 3 is 1.79 bits per heavy atom.